The van der Waals surface area contributed by atoms with Crippen LogP contribution < -0.4 is 0 Å². The van der Waals surface area contributed by atoms with Gasteiger partial charge in [-0.1, -0.05) is 5.21 Å². The molecule has 0 unspecified atom stereocenters. The van der Waals surface area contributed by atoms with E-state index in [4.69, 9.17) is 5.11 Å². The number of aliphatic hydroxyl groups excluding tert-OH is 1. The van der Waals surface area contributed by atoms with Gasteiger partial charge in [-0.15, -0.1) is 5.10 Å². The molecule has 1 heterocycles. The Morgan fingerprint density at radius 1 is 1.61 bits per heavy atom. The number of aliphatic hydroxyl groups is 1. The molecule has 0 atom stereocenters. The van der Waals surface area contributed by atoms with E-state index in [-0.39, 0.29) is 13.2 Å². The number of carbonyl (C=O) groups excluding carboxylic acids is 1. The Bertz CT molecular complexity index is 395. The molecule has 1 N–H and O–H groups in total. The predicted molar refractivity (Wildman–Crippen MR) is 57.0 cm³/mol. The molecular formula is C10H15F2N3O3. The van der Waals surface area contributed by atoms with Gasteiger partial charge in [0.25, 0.3) is 0 Å². The normalized spacial score (nSPS) is 11.6. The van der Waals surface area contributed by atoms with Crippen molar-refractivity contribution in [2.75, 3.05) is 13.2 Å². The number of esters is 1. The van der Waals surface area contributed by atoms with Crippen LogP contribution in [0, 0.1) is 0 Å². The molecule has 1 rings (SSSR count). The lowest BCUT2D eigenvalue weighted by Gasteiger charge is -2.13. The second-order valence-corrected chi connectivity index (χ2v) is 3.66. The Morgan fingerprint density at radius 3 is 2.94 bits per heavy atom. The van der Waals surface area contributed by atoms with Crippen LogP contribution in [-0.2, 0) is 22.5 Å². The number of nitrogens with zero attached hydrogens (tertiary/aromatic N) is 3. The maximum Gasteiger partial charge on any atom is 0.379 e. The maximum atomic E-state index is 13.3. The second kappa shape index (κ2) is 6.39. The monoisotopic (exact) mass is 263 g/mol. The summed E-state index contributed by atoms with van der Waals surface area (Å²) in [7, 11) is 0. The van der Waals surface area contributed by atoms with Gasteiger partial charge in [-0.3, -0.25) is 0 Å². The van der Waals surface area contributed by atoms with Crippen LogP contribution in [0.5, 0.6) is 0 Å². The summed E-state index contributed by atoms with van der Waals surface area (Å²) in [6, 6.07) is 0. The first-order valence-electron chi connectivity index (χ1n) is 5.54. The van der Waals surface area contributed by atoms with E-state index in [1.165, 1.54) is 13.1 Å². The van der Waals surface area contributed by atoms with Crippen LogP contribution >= 0.6 is 0 Å². The number of carbonyl (C=O) groups is 1. The average Bonchev–Trinajstić information content (AvgIpc) is 2.73. The van der Waals surface area contributed by atoms with E-state index in [2.05, 4.69) is 15.0 Å². The van der Waals surface area contributed by atoms with Crippen molar-refractivity contribution in [1.82, 2.24) is 15.0 Å². The number of rotatable bonds is 7. The van der Waals surface area contributed by atoms with Crippen LogP contribution in [0.1, 0.15) is 19.0 Å². The number of hydrogen-bond donors (Lipinski definition) is 1. The third kappa shape index (κ3) is 4.02. The van der Waals surface area contributed by atoms with Crippen molar-refractivity contribution >= 4 is 5.97 Å². The molecule has 8 heteroatoms. The van der Waals surface area contributed by atoms with E-state index in [0.717, 1.165) is 4.68 Å². The molecule has 0 radical (unpaired) electrons. The summed E-state index contributed by atoms with van der Waals surface area (Å²) in [6.07, 6.45) is 2.25. The minimum absolute atomic E-state index is 0.00809. The first-order valence-corrected chi connectivity index (χ1v) is 5.54. The molecule has 102 valence electrons. The summed E-state index contributed by atoms with van der Waals surface area (Å²) in [5, 5.41) is 15.8. The summed E-state index contributed by atoms with van der Waals surface area (Å²) in [6.45, 7) is 0.438. The first-order chi connectivity index (χ1) is 8.49. The number of aryl methyl sites for hydroxylation is 1. The lowest BCUT2D eigenvalue weighted by Crippen LogP contribution is -2.35. The van der Waals surface area contributed by atoms with Crippen LogP contribution in [0.2, 0.25) is 0 Å². The Labute approximate surface area is 103 Å². The molecule has 0 bridgehead atoms. The molecule has 0 fully saturated rings. The minimum atomic E-state index is -3.63. The summed E-state index contributed by atoms with van der Waals surface area (Å²) >= 11 is 0. The van der Waals surface area contributed by atoms with Gasteiger partial charge in [-0.2, -0.15) is 8.78 Å². The summed E-state index contributed by atoms with van der Waals surface area (Å²) < 4.78 is 31.9. The third-order valence-electron chi connectivity index (χ3n) is 2.11. The molecule has 1 aromatic heterocycles. The second-order valence-electron chi connectivity index (χ2n) is 3.66. The Morgan fingerprint density at radius 2 is 2.33 bits per heavy atom. The first kappa shape index (κ1) is 14.5. The standard InChI is InChI=1S/C10H15F2N3O3/c1-2-18-9(17)10(11,12)7-15-6-8(13-14-15)4-3-5-16/h6,16H,2-5,7H2,1H3. The van der Waals surface area contributed by atoms with Gasteiger partial charge < -0.3 is 9.84 Å². The zero-order chi connectivity index (χ0) is 13.6. The molecule has 0 saturated carbocycles. The molecule has 0 aliphatic carbocycles. The van der Waals surface area contributed by atoms with Crippen molar-refractivity contribution in [2.24, 2.45) is 0 Å². The van der Waals surface area contributed by atoms with Crippen molar-refractivity contribution < 1.29 is 23.4 Å². The highest BCUT2D eigenvalue weighted by atomic mass is 19.3. The number of halogens is 2. The zero-order valence-electron chi connectivity index (χ0n) is 9.97. The molecule has 18 heavy (non-hydrogen) atoms. The summed E-state index contributed by atoms with van der Waals surface area (Å²) in [4.78, 5) is 11.0. The molecule has 0 aliphatic rings. The van der Waals surface area contributed by atoms with Gasteiger partial charge in [0.05, 0.1) is 12.3 Å². The fourth-order valence-corrected chi connectivity index (χ4v) is 1.30. The number of ether oxygens (including phenoxy) is 1. The fourth-order valence-electron chi connectivity index (χ4n) is 1.30. The van der Waals surface area contributed by atoms with Gasteiger partial charge in [0.2, 0.25) is 0 Å². The third-order valence-corrected chi connectivity index (χ3v) is 2.11. The molecule has 0 aromatic carbocycles. The SMILES string of the molecule is CCOC(=O)C(F)(F)Cn1cc(CCCO)nn1. The van der Waals surface area contributed by atoms with Crippen LogP contribution in [0.4, 0.5) is 8.78 Å². The average molecular weight is 263 g/mol. The molecule has 0 amide bonds. The Hall–Kier alpha value is -1.57. The highest BCUT2D eigenvalue weighted by Gasteiger charge is 2.41. The lowest BCUT2D eigenvalue weighted by molar-refractivity contribution is -0.173. The summed E-state index contributed by atoms with van der Waals surface area (Å²) in [5.74, 6) is -5.20. The summed E-state index contributed by atoms with van der Waals surface area (Å²) in [5.41, 5.74) is 0.490. The van der Waals surface area contributed by atoms with Crippen LogP contribution in [0.15, 0.2) is 6.20 Å². The molecule has 0 aliphatic heterocycles. The number of aromatic nitrogens is 3. The quantitative estimate of drug-likeness (QED) is 0.721. The van der Waals surface area contributed by atoms with Crippen LogP contribution in [-0.4, -0.2) is 45.2 Å². The highest BCUT2D eigenvalue weighted by molar-refractivity contribution is 5.77. The molecular weight excluding hydrogens is 248 g/mol. The molecule has 6 nitrogen and oxygen atoms in total. The molecule has 1 aromatic rings. The van der Waals surface area contributed by atoms with E-state index in [1.54, 1.807) is 0 Å². The van der Waals surface area contributed by atoms with Gasteiger partial charge in [-0.25, -0.2) is 9.48 Å². The van der Waals surface area contributed by atoms with Crippen LogP contribution in [0.3, 0.4) is 0 Å². The maximum absolute atomic E-state index is 13.3. The van der Waals surface area contributed by atoms with E-state index in [1.807, 2.05) is 0 Å². The van der Waals surface area contributed by atoms with Gasteiger partial charge in [0.15, 0.2) is 0 Å². The van der Waals surface area contributed by atoms with E-state index in [9.17, 15) is 13.6 Å². The largest absolute Gasteiger partial charge is 0.462 e. The van der Waals surface area contributed by atoms with E-state index in [0.29, 0.717) is 18.5 Å². The molecule has 0 spiro atoms. The van der Waals surface area contributed by atoms with Crippen molar-refractivity contribution in [3.8, 4) is 0 Å². The molecule has 0 saturated heterocycles. The smallest absolute Gasteiger partial charge is 0.379 e. The van der Waals surface area contributed by atoms with Crippen molar-refractivity contribution in [3.05, 3.63) is 11.9 Å². The van der Waals surface area contributed by atoms with Gasteiger partial charge in [-0.05, 0) is 19.8 Å². The van der Waals surface area contributed by atoms with Crippen molar-refractivity contribution in [3.63, 3.8) is 0 Å². The lowest BCUT2D eigenvalue weighted by atomic mass is 10.2. The van der Waals surface area contributed by atoms with Crippen molar-refractivity contribution in [1.29, 1.82) is 0 Å². The van der Waals surface area contributed by atoms with Gasteiger partial charge >= 0.3 is 11.9 Å². The predicted octanol–water partition coefficient (Wildman–Crippen LogP) is 0.401. The number of hydrogen-bond acceptors (Lipinski definition) is 5. The van der Waals surface area contributed by atoms with Gasteiger partial charge in [0, 0.05) is 12.8 Å². The Kier molecular flexibility index (Phi) is 5.14. The topological polar surface area (TPSA) is 77.2 Å². The van der Waals surface area contributed by atoms with Crippen molar-refractivity contribution in [2.45, 2.75) is 32.2 Å². The zero-order valence-corrected chi connectivity index (χ0v) is 9.97. The highest BCUT2D eigenvalue weighted by Crippen LogP contribution is 2.18. The van der Waals surface area contributed by atoms with Gasteiger partial charge in [0.1, 0.15) is 6.54 Å². The van der Waals surface area contributed by atoms with E-state index >= 15 is 0 Å². The minimum Gasteiger partial charge on any atom is -0.462 e. The van der Waals surface area contributed by atoms with Crippen LogP contribution in [0.25, 0.3) is 0 Å². The Balaban J connectivity index is 2.60. The number of alkyl halides is 2. The fraction of sp³-hybridized carbons (Fsp3) is 0.700. The van der Waals surface area contributed by atoms with E-state index < -0.39 is 18.4 Å².